The maximum Gasteiger partial charge on any atom is 0.279 e. The third-order valence-electron chi connectivity index (χ3n) is 2.94. The third kappa shape index (κ3) is 3.14. The summed E-state index contributed by atoms with van der Waals surface area (Å²) < 4.78 is 27.1. The zero-order chi connectivity index (χ0) is 11.5. The largest absolute Gasteiger partial charge is 0.394 e. The highest BCUT2D eigenvalue weighted by Gasteiger charge is 2.35. The van der Waals surface area contributed by atoms with Gasteiger partial charge >= 0.3 is 0 Å². The molecule has 0 saturated heterocycles. The van der Waals surface area contributed by atoms with Crippen LogP contribution in [0.2, 0.25) is 0 Å². The van der Waals surface area contributed by atoms with E-state index in [0.717, 1.165) is 36.4 Å². The van der Waals surface area contributed by atoms with Crippen LogP contribution in [0.3, 0.4) is 0 Å². The number of hydrogen-bond acceptors (Lipinski definition) is 3. The van der Waals surface area contributed by atoms with E-state index in [1.54, 1.807) is 0 Å². The van der Waals surface area contributed by atoms with Gasteiger partial charge in [-0.1, -0.05) is 19.3 Å². The van der Waals surface area contributed by atoms with Crippen LogP contribution in [-0.4, -0.2) is 44.1 Å². The van der Waals surface area contributed by atoms with Gasteiger partial charge in [-0.25, -0.2) is 0 Å². The first kappa shape index (κ1) is 12.9. The predicted octanol–water partition coefficient (Wildman–Crippen LogP) is 0.0776. The Hall–Kier alpha value is -0.170. The molecule has 2 N–H and O–H groups in total. The first-order valence-electron chi connectivity index (χ1n) is 5.24. The Kier molecular flexibility index (Phi) is 4.11. The van der Waals surface area contributed by atoms with E-state index in [9.17, 15) is 13.5 Å². The van der Waals surface area contributed by atoms with Crippen molar-refractivity contribution in [1.82, 2.24) is 9.03 Å². The van der Waals surface area contributed by atoms with Crippen LogP contribution in [0.4, 0.5) is 0 Å². The van der Waals surface area contributed by atoms with Crippen molar-refractivity contribution < 1.29 is 13.5 Å². The maximum absolute atomic E-state index is 11.7. The highest BCUT2D eigenvalue weighted by Crippen LogP contribution is 2.28. The quantitative estimate of drug-likeness (QED) is 0.726. The van der Waals surface area contributed by atoms with E-state index in [-0.39, 0.29) is 6.61 Å². The van der Waals surface area contributed by atoms with Gasteiger partial charge in [-0.05, 0) is 12.8 Å². The topological polar surface area (TPSA) is 69.6 Å². The van der Waals surface area contributed by atoms with Gasteiger partial charge in [-0.3, -0.25) is 0 Å². The Labute approximate surface area is 91.7 Å². The molecule has 0 atom stereocenters. The lowest BCUT2D eigenvalue weighted by molar-refractivity contribution is 0.140. The normalized spacial score (nSPS) is 21.9. The summed E-state index contributed by atoms with van der Waals surface area (Å²) in [6, 6.07) is 0. The summed E-state index contributed by atoms with van der Waals surface area (Å²) in [6.07, 6.45) is 4.49. The van der Waals surface area contributed by atoms with Gasteiger partial charge in [0.1, 0.15) is 0 Å². The van der Waals surface area contributed by atoms with Crippen LogP contribution in [0.1, 0.15) is 32.1 Å². The van der Waals surface area contributed by atoms with Crippen LogP contribution >= 0.6 is 0 Å². The highest BCUT2D eigenvalue weighted by molar-refractivity contribution is 7.87. The van der Waals surface area contributed by atoms with Crippen molar-refractivity contribution in [2.45, 2.75) is 37.6 Å². The van der Waals surface area contributed by atoms with Crippen LogP contribution in [0.15, 0.2) is 0 Å². The smallest absolute Gasteiger partial charge is 0.279 e. The van der Waals surface area contributed by atoms with Gasteiger partial charge in [-0.2, -0.15) is 17.4 Å². The second-order valence-corrected chi connectivity index (χ2v) is 6.27. The minimum atomic E-state index is -3.45. The molecular weight excluding hydrogens is 216 g/mol. The van der Waals surface area contributed by atoms with E-state index in [0.29, 0.717) is 0 Å². The van der Waals surface area contributed by atoms with Crippen LogP contribution in [0.25, 0.3) is 0 Å². The minimum Gasteiger partial charge on any atom is -0.394 e. The molecule has 0 heterocycles. The van der Waals surface area contributed by atoms with Crippen molar-refractivity contribution in [3.05, 3.63) is 0 Å². The minimum absolute atomic E-state index is 0.125. The van der Waals surface area contributed by atoms with Crippen molar-refractivity contribution >= 4 is 10.2 Å². The summed E-state index contributed by atoms with van der Waals surface area (Å²) in [4.78, 5) is 0. The van der Waals surface area contributed by atoms with Crippen LogP contribution in [-0.2, 0) is 10.2 Å². The Morgan fingerprint density at radius 3 is 2.20 bits per heavy atom. The van der Waals surface area contributed by atoms with E-state index in [4.69, 9.17) is 0 Å². The Balaban J connectivity index is 2.76. The average molecular weight is 236 g/mol. The molecule has 0 aromatic heterocycles. The maximum atomic E-state index is 11.7. The number of rotatable bonds is 4. The van der Waals surface area contributed by atoms with Gasteiger partial charge in [-0.15, -0.1) is 0 Å². The number of aliphatic hydroxyl groups is 1. The van der Waals surface area contributed by atoms with Gasteiger partial charge in [0.15, 0.2) is 0 Å². The number of nitrogens with one attached hydrogen (secondary N) is 1. The van der Waals surface area contributed by atoms with E-state index in [1.165, 1.54) is 14.1 Å². The fraction of sp³-hybridized carbons (Fsp3) is 1.00. The summed E-state index contributed by atoms with van der Waals surface area (Å²) in [6.45, 7) is -0.125. The molecule has 1 fully saturated rings. The molecule has 0 unspecified atom stereocenters. The summed E-state index contributed by atoms with van der Waals surface area (Å²) in [5.41, 5.74) is -0.638. The molecule has 0 aromatic carbocycles. The van der Waals surface area contributed by atoms with Gasteiger partial charge in [0.05, 0.1) is 12.1 Å². The molecule has 1 aliphatic carbocycles. The van der Waals surface area contributed by atoms with E-state index >= 15 is 0 Å². The second-order valence-electron chi connectivity index (χ2n) is 4.39. The molecule has 5 nitrogen and oxygen atoms in total. The predicted molar refractivity (Wildman–Crippen MR) is 58.6 cm³/mol. The lowest BCUT2D eigenvalue weighted by atomic mass is 9.83. The summed E-state index contributed by atoms with van der Waals surface area (Å²) in [5.74, 6) is 0. The van der Waals surface area contributed by atoms with Crippen molar-refractivity contribution in [3.8, 4) is 0 Å². The van der Waals surface area contributed by atoms with Gasteiger partial charge in [0, 0.05) is 14.1 Å². The molecule has 90 valence electrons. The lowest BCUT2D eigenvalue weighted by Crippen LogP contribution is -2.55. The first-order valence-corrected chi connectivity index (χ1v) is 6.68. The average Bonchev–Trinajstić information content (AvgIpc) is 2.18. The molecule has 0 spiro atoms. The van der Waals surface area contributed by atoms with Crippen LogP contribution in [0, 0.1) is 0 Å². The summed E-state index contributed by atoms with van der Waals surface area (Å²) in [5, 5.41) is 9.34. The molecule has 15 heavy (non-hydrogen) atoms. The number of aliphatic hydroxyl groups excluding tert-OH is 1. The Morgan fingerprint density at radius 1 is 1.27 bits per heavy atom. The first-order chi connectivity index (χ1) is 6.92. The molecular formula is C9H20N2O3S. The van der Waals surface area contributed by atoms with E-state index in [1.807, 2.05) is 0 Å². The second kappa shape index (κ2) is 4.78. The summed E-state index contributed by atoms with van der Waals surface area (Å²) in [7, 11) is -0.480. The molecule has 0 radical (unpaired) electrons. The molecule has 1 rings (SSSR count). The van der Waals surface area contributed by atoms with E-state index in [2.05, 4.69) is 4.72 Å². The number of hydrogen-bond donors (Lipinski definition) is 2. The highest BCUT2D eigenvalue weighted by atomic mass is 32.2. The SMILES string of the molecule is CN(C)S(=O)(=O)NC1(CO)CCCCC1. The van der Waals surface area contributed by atoms with Crippen molar-refractivity contribution in [3.63, 3.8) is 0 Å². The van der Waals surface area contributed by atoms with Gasteiger partial charge in [0.25, 0.3) is 10.2 Å². The lowest BCUT2D eigenvalue weighted by Gasteiger charge is -2.36. The van der Waals surface area contributed by atoms with Crippen molar-refractivity contribution in [2.75, 3.05) is 20.7 Å². The third-order valence-corrected chi connectivity index (χ3v) is 4.59. The zero-order valence-corrected chi connectivity index (χ0v) is 10.2. The molecule has 1 saturated carbocycles. The Morgan fingerprint density at radius 2 is 1.80 bits per heavy atom. The molecule has 0 bridgehead atoms. The molecule has 0 amide bonds. The molecule has 6 heteroatoms. The molecule has 0 aliphatic heterocycles. The van der Waals surface area contributed by atoms with Crippen molar-refractivity contribution in [2.24, 2.45) is 0 Å². The summed E-state index contributed by atoms with van der Waals surface area (Å²) >= 11 is 0. The van der Waals surface area contributed by atoms with Gasteiger partial charge < -0.3 is 5.11 Å². The van der Waals surface area contributed by atoms with Gasteiger partial charge in [0.2, 0.25) is 0 Å². The fourth-order valence-electron chi connectivity index (χ4n) is 1.89. The zero-order valence-electron chi connectivity index (χ0n) is 9.36. The van der Waals surface area contributed by atoms with E-state index < -0.39 is 15.7 Å². The standard InChI is InChI=1S/C9H20N2O3S/c1-11(2)15(13,14)10-9(8-12)6-4-3-5-7-9/h10,12H,3-8H2,1-2H3. The fourth-order valence-corrected chi connectivity index (χ4v) is 2.88. The molecule has 1 aliphatic rings. The Bertz CT molecular complexity index is 294. The van der Waals surface area contributed by atoms with Crippen molar-refractivity contribution in [1.29, 1.82) is 0 Å². The number of nitrogens with zero attached hydrogens (tertiary/aromatic N) is 1. The monoisotopic (exact) mass is 236 g/mol. The van der Waals surface area contributed by atoms with Crippen LogP contribution < -0.4 is 4.72 Å². The molecule has 0 aromatic rings. The van der Waals surface area contributed by atoms with Crippen LogP contribution in [0.5, 0.6) is 0 Å².